The zero-order chi connectivity index (χ0) is 12.3. The molecular formula is C14H20N2O. The first-order chi connectivity index (χ1) is 8.20. The number of nitrogen functional groups attached to an aromatic ring is 1. The van der Waals surface area contributed by atoms with Crippen LogP contribution in [0.1, 0.15) is 35.7 Å². The molecule has 1 heterocycles. The number of nitrogens with two attached hydrogens (primary N) is 1. The Morgan fingerprint density at radius 3 is 3.00 bits per heavy atom. The van der Waals surface area contributed by atoms with Crippen molar-refractivity contribution in [3.05, 3.63) is 29.3 Å². The van der Waals surface area contributed by atoms with Crippen molar-refractivity contribution in [2.45, 2.75) is 32.2 Å². The van der Waals surface area contributed by atoms with E-state index in [1.165, 1.54) is 24.9 Å². The van der Waals surface area contributed by atoms with Crippen LogP contribution in [0.3, 0.4) is 0 Å². The predicted molar refractivity (Wildman–Crippen MR) is 70.2 cm³/mol. The molecule has 92 valence electrons. The normalized spacial score (nSPS) is 20.6. The van der Waals surface area contributed by atoms with Crippen molar-refractivity contribution >= 4 is 12.0 Å². The minimum absolute atomic E-state index is 0.568. The highest BCUT2D eigenvalue weighted by atomic mass is 16.1. The summed E-state index contributed by atoms with van der Waals surface area (Å²) in [6, 6.07) is 6.45. The molecular weight excluding hydrogens is 212 g/mol. The predicted octanol–water partition coefficient (Wildman–Crippen LogP) is 2.11. The molecule has 0 radical (unpaired) electrons. The van der Waals surface area contributed by atoms with Crippen LogP contribution in [0.25, 0.3) is 0 Å². The van der Waals surface area contributed by atoms with Gasteiger partial charge in [-0.1, -0.05) is 6.07 Å². The Morgan fingerprint density at radius 2 is 2.35 bits per heavy atom. The third-order valence-electron chi connectivity index (χ3n) is 3.66. The van der Waals surface area contributed by atoms with Crippen molar-refractivity contribution in [2.75, 3.05) is 18.8 Å². The molecule has 2 rings (SSSR count). The van der Waals surface area contributed by atoms with Gasteiger partial charge in [0.25, 0.3) is 0 Å². The van der Waals surface area contributed by atoms with Crippen LogP contribution < -0.4 is 5.73 Å². The molecule has 1 aromatic rings. The molecule has 1 aliphatic rings. The second-order valence-corrected chi connectivity index (χ2v) is 4.86. The van der Waals surface area contributed by atoms with E-state index in [1.54, 1.807) is 0 Å². The van der Waals surface area contributed by atoms with Gasteiger partial charge in [-0.25, -0.2) is 0 Å². The molecule has 1 fully saturated rings. The Morgan fingerprint density at radius 1 is 1.53 bits per heavy atom. The summed E-state index contributed by atoms with van der Waals surface area (Å²) in [5.41, 5.74) is 8.07. The van der Waals surface area contributed by atoms with Crippen molar-refractivity contribution in [3.8, 4) is 0 Å². The van der Waals surface area contributed by atoms with Crippen LogP contribution in [-0.2, 0) is 6.42 Å². The summed E-state index contributed by atoms with van der Waals surface area (Å²) in [4.78, 5) is 13.3. The molecule has 1 saturated heterocycles. The maximum atomic E-state index is 10.8. The van der Waals surface area contributed by atoms with Crippen LogP contribution in [0.15, 0.2) is 18.2 Å². The molecule has 0 amide bonds. The third-order valence-corrected chi connectivity index (χ3v) is 3.66. The summed E-state index contributed by atoms with van der Waals surface area (Å²) < 4.78 is 0. The largest absolute Gasteiger partial charge is 0.398 e. The summed E-state index contributed by atoms with van der Waals surface area (Å²) in [5.74, 6) is 0. The average molecular weight is 232 g/mol. The minimum Gasteiger partial charge on any atom is -0.398 e. The van der Waals surface area contributed by atoms with Gasteiger partial charge in [0.1, 0.15) is 0 Å². The Hall–Kier alpha value is -1.35. The van der Waals surface area contributed by atoms with Crippen LogP contribution in [-0.4, -0.2) is 30.3 Å². The molecule has 3 nitrogen and oxygen atoms in total. The van der Waals surface area contributed by atoms with Crippen LogP contribution in [0, 0.1) is 0 Å². The molecule has 1 aromatic carbocycles. The molecule has 0 bridgehead atoms. The van der Waals surface area contributed by atoms with Crippen LogP contribution in [0.2, 0.25) is 0 Å². The number of carbonyl (C=O) groups is 1. The maximum absolute atomic E-state index is 10.8. The lowest BCUT2D eigenvalue weighted by Crippen LogP contribution is -2.28. The number of nitrogens with zero attached hydrogens (tertiary/aromatic N) is 1. The second-order valence-electron chi connectivity index (χ2n) is 4.86. The van der Waals surface area contributed by atoms with Gasteiger partial charge in [0.05, 0.1) is 0 Å². The lowest BCUT2D eigenvalue weighted by molar-refractivity contribution is 0.112. The zero-order valence-corrected chi connectivity index (χ0v) is 10.4. The lowest BCUT2D eigenvalue weighted by atomic mass is 10.1. The van der Waals surface area contributed by atoms with Gasteiger partial charge < -0.3 is 10.6 Å². The molecule has 0 aromatic heterocycles. The Kier molecular flexibility index (Phi) is 3.79. The van der Waals surface area contributed by atoms with Crippen molar-refractivity contribution in [1.82, 2.24) is 4.90 Å². The van der Waals surface area contributed by atoms with E-state index in [-0.39, 0.29) is 0 Å². The monoisotopic (exact) mass is 232 g/mol. The van der Waals surface area contributed by atoms with Crippen molar-refractivity contribution in [1.29, 1.82) is 0 Å². The number of likely N-dealkylation sites (tertiary alicyclic amines) is 1. The van der Waals surface area contributed by atoms with Gasteiger partial charge in [0.15, 0.2) is 6.29 Å². The molecule has 17 heavy (non-hydrogen) atoms. The van der Waals surface area contributed by atoms with Crippen molar-refractivity contribution in [2.24, 2.45) is 0 Å². The Labute approximate surface area is 103 Å². The highest BCUT2D eigenvalue weighted by Crippen LogP contribution is 2.18. The SMILES string of the molecule is C[C@@H]1CCCN1CCc1ccc(N)c(C=O)c1. The number of carbonyl (C=O) groups excluding carboxylic acids is 1. The van der Waals surface area contributed by atoms with E-state index in [1.807, 2.05) is 18.2 Å². The Bertz CT molecular complexity index is 403. The molecule has 3 heteroatoms. The number of rotatable bonds is 4. The van der Waals surface area contributed by atoms with Crippen molar-refractivity contribution in [3.63, 3.8) is 0 Å². The van der Waals surface area contributed by atoms with E-state index >= 15 is 0 Å². The molecule has 2 N–H and O–H groups in total. The van der Waals surface area contributed by atoms with Crippen LogP contribution in [0.5, 0.6) is 0 Å². The second kappa shape index (κ2) is 5.32. The van der Waals surface area contributed by atoms with Gasteiger partial charge in [0, 0.05) is 23.8 Å². The highest BCUT2D eigenvalue weighted by molar-refractivity contribution is 5.83. The topological polar surface area (TPSA) is 46.3 Å². The van der Waals surface area contributed by atoms with Gasteiger partial charge in [0.2, 0.25) is 0 Å². The summed E-state index contributed by atoms with van der Waals surface area (Å²) in [5, 5.41) is 0. The first-order valence-electron chi connectivity index (χ1n) is 6.28. The van der Waals surface area contributed by atoms with Crippen LogP contribution >= 0.6 is 0 Å². The maximum Gasteiger partial charge on any atom is 0.152 e. The van der Waals surface area contributed by atoms with E-state index in [2.05, 4.69) is 11.8 Å². The fourth-order valence-corrected chi connectivity index (χ4v) is 2.48. The lowest BCUT2D eigenvalue weighted by Gasteiger charge is -2.20. The summed E-state index contributed by atoms with van der Waals surface area (Å²) in [6.45, 7) is 4.56. The van der Waals surface area contributed by atoms with Gasteiger partial charge >= 0.3 is 0 Å². The fraction of sp³-hybridized carbons (Fsp3) is 0.500. The van der Waals surface area contributed by atoms with E-state index in [0.717, 1.165) is 19.3 Å². The number of hydrogen-bond acceptors (Lipinski definition) is 3. The number of benzene rings is 1. The van der Waals surface area contributed by atoms with E-state index in [0.29, 0.717) is 17.3 Å². The van der Waals surface area contributed by atoms with Crippen molar-refractivity contribution < 1.29 is 4.79 Å². The number of anilines is 1. The first-order valence-corrected chi connectivity index (χ1v) is 6.28. The zero-order valence-electron chi connectivity index (χ0n) is 10.4. The number of hydrogen-bond donors (Lipinski definition) is 1. The summed E-state index contributed by atoms with van der Waals surface area (Å²) >= 11 is 0. The van der Waals surface area contributed by atoms with Crippen LogP contribution in [0.4, 0.5) is 5.69 Å². The minimum atomic E-state index is 0.568. The molecule has 0 spiro atoms. The molecule has 1 aliphatic heterocycles. The number of aldehydes is 1. The molecule has 0 saturated carbocycles. The molecule has 0 unspecified atom stereocenters. The summed E-state index contributed by atoms with van der Waals surface area (Å²) in [7, 11) is 0. The third kappa shape index (κ3) is 2.86. The first kappa shape index (κ1) is 12.1. The van der Waals surface area contributed by atoms with Gasteiger partial charge in [-0.2, -0.15) is 0 Å². The Balaban J connectivity index is 1.96. The highest BCUT2D eigenvalue weighted by Gasteiger charge is 2.19. The van der Waals surface area contributed by atoms with Gasteiger partial charge in [-0.15, -0.1) is 0 Å². The van der Waals surface area contributed by atoms with Gasteiger partial charge in [-0.05, 0) is 50.4 Å². The molecule has 1 atom stereocenters. The standard InChI is InChI=1S/C14H20N2O/c1-11-3-2-7-16(11)8-6-12-4-5-14(15)13(9-12)10-17/h4-5,9-11H,2-3,6-8,15H2,1H3/t11-/m1/s1. The van der Waals surface area contributed by atoms with E-state index in [4.69, 9.17) is 5.73 Å². The summed E-state index contributed by atoms with van der Waals surface area (Å²) in [6.07, 6.45) is 4.44. The smallest absolute Gasteiger partial charge is 0.152 e. The average Bonchev–Trinajstić information content (AvgIpc) is 2.74. The van der Waals surface area contributed by atoms with Gasteiger partial charge in [-0.3, -0.25) is 4.79 Å². The van der Waals surface area contributed by atoms with E-state index in [9.17, 15) is 4.79 Å². The quantitative estimate of drug-likeness (QED) is 0.639. The fourth-order valence-electron chi connectivity index (χ4n) is 2.48. The van der Waals surface area contributed by atoms with E-state index < -0.39 is 0 Å². The molecule has 0 aliphatic carbocycles.